The van der Waals surface area contributed by atoms with Gasteiger partial charge in [0.15, 0.2) is 0 Å². The molecule has 0 aliphatic carbocycles. The highest BCUT2D eigenvalue weighted by molar-refractivity contribution is 5.89. The molecule has 1 rings (SSSR count). The molecule has 1 unspecified atom stereocenters. The Bertz CT molecular complexity index is 382. The second-order valence-corrected chi connectivity index (χ2v) is 5.41. The van der Waals surface area contributed by atoms with Gasteiger partial charge in [-0.3, -0.25) is 0 Å². The molecule has 18 heavy (non-hydrogen) atoms. The molecule has 3 heteroatoms. The third-order valence-electron chi connectivity index (χ3n) is 3.19. The zero-order valence-electron chi connectivity index (χ0n) is 11.9. The maximum atomic E-state index is 11.7. The first-order valence-corrected chi connectivity index (χ1v) is 6.57. The lowest BCUT2D eigenvalue weighted by molar-refractivity contribution is 0.246. The summed E-state index contributed by atoms with van der Waals surface area (Å²) >= 11 is 0. The number of carbonyl (C=O) groups excluding carboxylic acids is 1. The Hall–Kier alpha value is -1.51. The van der Waals surface area contributed by atoms with Crippen LogP contribution in [0.15, 0.2) is 24.3 Å². The summed E-state index contributed by atoms with van der Waals surface area (Å²) < 4.78 is 0. The van der Waals surface area contributed by atoms with Gasteiger partial charge in [0, 0.05) is 11.7 Å². The van der Waals surface area contributed by atoms with Crippen molar-refractivity contribution in [3.8, 4) is 0 Å². The Balaban J connectivity index is 2.54. The van der Waals surface area contributed by atoms with E-state index in [2.05, 4.69) is 38.3 Å². The molecule has 0 aliphatic heterocycles. The lowest BCUT2D eigenvalue weighted by Gasteiger charge is -2.18. The van der Waals surface area contributed by atoms with Crippen LogP contribution < -0.4 is 10.6 Å². The lowest BCUT2D eigenvalue weighted by atomic mass is 10.0. The number of hydrogen-bond donors (Lipinski definition) is 2. The van der Waals surface area contributed by atoms with Gasteiger partial charge in [-0.15, -0.1) is 0 Å². The highest BCUT2D eigenvalue weighted by atomic mass is 16.2. The Morgan fingerprint density at radius 1 is 1.00 bits per heavy atom. The minimum absolute atomic E-state index is 0.145. The van der Waals surface area contributed by atoms with Crippen LogP contribution in [-0.4, -0.2) is 12.1 Å². The molecule has 1 aromatic carbocycles. The average molecular weight is 248 g/mol. The van der Waals surface area contributed by atoms with Crippen molar-refractivity contribution >= 4 is 11.7 Å². The molecule has 0 saturated carbocycles. The van der Waals surface area contributed by atoms with E-state index in [-0.39, 0.29) is 12.1 Å². The predicted molar refractivity (Wildman–Crippen MR) is 77.0 cm³/mol. The second-order valence-electron chi connectivity index (χ2n) is 5.41. The molecule has 0 bridgehead atoms. The van der Waals surface area contributed by atoms with Crippen molar-refractivity contribution in [3.63, 3.8) is 0 Å². The average Bonchev–Trinajstić information content (AvgIpc) is 2.29. The lowest BCUT2D eigenvalue weighted by Crippen LogP contribution is -2.38. The minimum Gasteiger partial charge on any atom is -0.335 e. The van der Waals surface area contributed by atoms with E-state index in [9.17, 15) is 4.79 Å². The fourth-order valence-corrected chi connectivity index (χ4v) is 1.49. The fourth-order valence-electron chi connectivity index (χ4n) is 1.49. The Morgan fingerprint density at radius 2 is 1.56 bits per heavy atom. The number of urea groups is 1. The number of amides is 2. The van der Waals surface area contributed by atoms with E-state index in [0.717, 1.165) is 5.69 Å². The maximum absolute atomic E-state index is 11.7. The summed E-state index contributed by atoms with van der Waals surface area (Å²) in [5.41, 5.74) is 2.10. The first-order chi connectivity index (χ1) is 8.40. The van der Waals surface area contributed by atoms with Crippen LogP contribution in [-0.2, 0) is 0 Å². The SMILES string of the molecule is CC(C)c1ccc(NC(=O)NC(C)C(C)C)cc1. The molecule has 0 saturated heterocycles. The van der Waals surface area contributed by atoms with Gasteiger partial charge in [0.2, 0.25) is 0 Å². The standard InChI is InChI=1S/C15H24N2O/c1-10(2)12(5)16-15(18)17-14-8-6-13(7-9-14)11(3)4/h6-12H,1-5H3,(H2,16,17,18). The predicted octanol–water partition coefficient (Wildman–Crippen LogP) is 3.98. The van der Waals surface area contributed by atoms with E-state index in [1.165, 1.54) is 5.56 Å². The number of rotatable bonds is 4. The Kier molecular flexibility index (Phi) is 5.20. The molecule has 0 aliphatic rings. The zero-order chi connectivity index (χ0) is 13.7. The molecule has 0 radical (unpaired) electrons. The molecule has 0 heterocycles. The van der Waals surface area contributed by atoms with Crippen LogP contribution in [0, 0.1) is 5.92 Å². The van der Waals surface area contributed by atoms with Gasteiger partial charge in [-0.05, 0) is 36.5 Å². The van der Waals surface area contributed by atoms with Crippen LogP contribution >= 0.6 is 0 Å². The van der Waals surface area contributed by atoms with E-state index < -0.39 is 0 Å². The summed E-state index contributed by atoms with van der Waals surface area (Å²) in [4.78, 5) is 11.7. The third kappa shape index (κ3) is 4.40. The first-order valence-electron chi connectivity index (χ1n) is 6.57. The second kappa shape index (κ2) is 6.43. The van der Waals surface area contributed by atoms with Gasteiger partial charge >= 0.3 is 6.03 Å². The van der Waals surface area contributed by atoms with E-state index in [1.54, 1.807) is 0 Å². The molecule has 100 valence electrons. The zero-order valence-corrected chi connectivity index (χ0v) is 11.9. The van der Waals surface area contributed by atoms with Gasteiger partial charge in [-0.25, -0.2) is 4.79 Å². The van der Waals surface area contributed by atoms with Crippen LogP contribution in [0.5, 0.6) is 0 Å². The summed E-state index contributed by atoms with van der Waals surface area (Å²) in [5, 5.41) is 5.76. The largest absolute Gasteiger partial charge is 0.335 e. The summed E-state index contributed by atoms with van der Waals surface area (Å²) in [6.07, 6.45) is 0. The van der Waals surface area contributed by atoms with Gasteiger partial charge in [-0.1, -0.05) is 39.8 Å². The molecule has 2 amide bonds. The van der Waals surface area contributed by atoms with Crippen LogP contribution in [0.4, 0.5) is 10.5 Å². The molecule has 2 N–H and O–H groups in total. The van der Waals surface area contributed by atoms with Crippen LogP contribution in [0.25, 0.3) is 0 Å². The van der Waals surface area contributed by atoms with Gasteiger partial charge in [0.1, 0.15) is 0 Å². The Morgan fingerprint density at radius 3 is 2.00 bits per heavy atom. The molecule has 0 spiro atoms. The van der Waals surface area contributed by atoms with Crippen molar-refractivity contribution in [1.29, 1.82) is 0 Å². The molecule has 1 aromatic rings. The van der Waals surface area contributed by atoms with E-state index in [0.29, 0.717) is 11.8 Å². The smallest absolute Gasteiger partial charge is 0.319 e. The van der Waals surface area contributed by atoms with Gasteiger partial charge < -0.3 is 10.6 Å². The van der Waals surface area contributed by atoms with Gasteiger partial charge in [-0.2, -0.15) is 0 Å². The Labute approximate surface area is 110 Å². The van der Waals surface area contributed by atoms with Crippen LogP contribution in [0.3, 0.4) is 0 Å². The van der Waals surface area contributed by atoms with E-state index in [4.69, 9.17) is 0 Å². The third-order valence-corrected chi connectivity index (χ3v) is 3.19. The number of carbonyl (C=O) groups is 1. The summed E-state index contributed by atoms with van der Waals surface area (Å²) in [6.45, 7) is 10.5. The monoisotopic (exact) mass is 248 g/mol. The summed E-state index contributed by atoms with van der Waals surface area (Å²) in [7, 11) is 0. The first kappa shape index (κ1) is 14.6. The number of hydrogen-bond acceptors (Lipinski definition) is 1. The van der Waals surface area contributed by atoms with Crippen LogP contribution in [0.1, 0.15) is 46.1 Å². The quantitative estimate of drug-likeness (QED) is 0.831. The van der Waals surface area contributed by atoms with Crippen molar-refractivity contribution < 1.29 is 4.79 Å². The van der Waals surface area contributed by atoms with Crippen molar-refractivity contribution in [2.24, 2.45) is 5.92 Å². The number of nitrogens with one attached hydrogen (secondary N) is 2. The molecule has 0 fully saturated rings. The minimum atomic E-state index is -0.145. The van der Waals surface area contributed by atoms with Gasteiger partial charge in [0.25, 0.3) is 0 Å². The van der Waals surface area contributed by atoms with E-state index in [1.807, 2.05) is 31.2 Å². The molecule has 3 nitrogen and oxygen atoms in total. The summed E-state index contributed by atoms with van der Waals surface area (Å²) in [5.74, 6) is 0.938. The normalized spacial score (nSPS) is 12.6. The summed E-state index contributed by atoms with van der Waals surface area (Å²) in [6, 6.07) is 8.00. The van der Waals surface area contributed by atoms with Crippen molar-refractivity contribution in [1.82, 2.24) is 5.32 Å². The van der Waals surface area contributed by atoms with Crippen molar-refractivity contribution in [3.05, 3.63) is 29.8 Å². The highest BCUT2D eigenvalue weighted by Gasteiger charge is 2.10. The molecular formula is C15H24N2O. The maximum Gasteiger partial charge on any atom is 0.319 e. The van der Waals surface area contributed by atoms with Crippen molar-refractivity contribution in [2.75, 3.05) is 5.32 Å². The topological polar surface area (TPSA) is 41.1 Å². The molecular weight excluding hydrogens is 224 g/mol. The molecule has 1 atom stereocenters. The highest BCUT2D eigenvalue weighted by Crippen LogP contribution is 2.17. The molecule has 0 aromatic heterocycles. The number of anilines is 1. The fraction of sp³-hybridized carbons (Fsp3) is 0.533. The number of benzene rings is 1. The van der Waals surface area contributed by atoms with Gasteiger partial charge in [0.05, 0.1) is 0 Å². The van der Waals surface area contributed by atoms with E-state index >= 15 is 0 Å². The van der Waals surface area contributed by atoms with Crippen LogP contribution in [0.2, 0.25) is 0 Å². The van der Waals surface area contributed by atoms with Crippen molar-refractivity contribution in [2.45, 2.75) is 46.6 Å².